The molecule has 1 aromatic heterocycles. The first-order chi connectivity index (χ1) is 7.88. The number of hydrogen-bond acceptors (Lipinski definition) is 4. The minimum absolute atomic E-state index is 0.333. The summed E-state index contributed by atoms with van der Waals surface area (Å²) < 4.78 is 5.62. The number of thiophene rings is 1. The van der Waals surface area contributed by atoms with E-state index in [0.29, 0.717) is 6.10 Å². The average Bonchev–Trinajstić information content (AvgIpc) is 2.78. The first kappa shape index (κ1) is 12.0. The average molecular weight is 240 g/mol. The molecule has 1 aromatic rings. The second-order valence-corrected chi connectivity index (χ2v) is 5.30. The highest BCUT2D eigenvalue weighted by Crippen LogP contribution is 2.16. The third-order valence-electron chi connectivity index (χ3n) is 2.74. The van der Waals surface area contributed by atoms with Gasteiger partial charge in [0.05, 0.1) is 12.7 Å². The first-order valence-electron chi connectivity index (χ1n) is 5.99. The third-order valence-corrected chi connectivity index (χ3v) is 3.97. The quantitative estimate of drug-likeness (QED) is 0.816. The van der Waals surface area contributed by atoms with E-state index < -0.39 is 0 Å². The van der Waals surface area contributed by atoms with Crippen LogP contribution in [0.3, 0.4) is 0 Å². The highest BCUT2D eigenvalue weighted by molar-refractivity contribution is 7.11. The van der Waals surface area contributed by atoms with Crippen molar-refractivity contribution in [3.63, 3.8) is 0 Å². The zero-order valence-corrected chi connectivity index (χ0v) is 10.6. The van der Waals surface area contributed by atoms with Crippen LogP contribution in [0.5, 0.6) is 0 Å². The molecular weight excluding hydrogens is 220 g/mol. The summed E-state index contributed by atoms with van der Waals surface area (Å²) in [6.45, 7) is 6.89. The van der Waals surface area contributed by atoms with Crippen LogP contribution in [0.2, 0.25) is 0 Å². The molecular formula is C12H20N2OS. The lowest BCUT2D eigenvalue weighted by Gasteiger charge is -2.23. The summed E-state index contributed by atoms with van der Waals surface area (Å²) in [5.74, 6) is 0. The van der Waals surface area contributed by atoms with E-state index in [0.717, 1.165) is 39.2 Å². The van der Waals surface area contributed by atoms with Gasteiger partial charge < -0.3 is 15.4 Å². The Morgan fingerprint density at radius 3 is 3.06 bits per heavy atom. The molecule has 2 rings (SSSR count). The second kappa shape index (κ2) is 6.35. The van der Waals surface area contributed by atoms with Gasteiger partial charge in [-0.15, -0.1) is 11.3 Å². The maximum absolute atomic E-state index is 5.62. The van der Waals surface area contributed by atoms with Crippen LogP contribution in [0.1, 0.15) is 16.7 Å². The van der Waals surface area contributed by atoms with Gasteiger partial charge in [-0.2, -0.15) is 0 Å². The van der Waals surface area contributed by atoms with Gasteiger partial charge in [0.15, 0.2) is 0 Å². The molecule has 0 aliphatic carbocycles. The van der Waals surface area contributed by atoms with E-state index in [2.05, 4.69) is 29.7 Å². The zero-order chi connectivity index (χ0) is 11.2. The van der Waals surface area contributed by atoms with Gasteiger partial charge in [0.1, 0.15) is 0 Å². The van der Waals surface area contributed by atoms with Crippen molar-refractivity contribution in [2.45, 2.75) is 26.0 Å². The van der Waals surface area contributed by atoms with E-state index in [1.165, 1.54) is 9.75 Å². The Bertz CT molecular complexity index is 308. The minimum Gasteiger partial charge on any atom is -0.374 e. The van der Waals surface area contributed by atoms with Crippen LogP contribution in [0.4, 0.5) is 0 Å². The standard InChI is InChI=1S/C12H20N2OS/c1-2-11-3-4-12(16-11)9-14-8-10-7-13-5-6-15-10/h3-4,10,13-14H,2,5-9H2,1H3. The van der Waals surface area contributed by atoms with Crippen molar-refractivity contribution in [1.29, 1.82) is 0 Å². The maximum Gasteiger partial charge on any atom is 0.0824 e. The van der Waals surface area contributed by atoms with E-state index >= 15 is 0 Å². The Kier molecular flexibility index (Phi) is 4.78. The van der Waals surface area contributed by atoms with Crippen molar-refractivity contribution in [1.82, 2.24) is 10.6 Å². The fraction of sp³-hybridized carbons (Fsp3) is 0.667. The molecule has 4 heteroatoms. The van der Waals surface area contributed by atoms with Crippen LogP contribution < -0.4 is 10.6 Å². The zero-order valence-electron chi connectivity index (χ0n) is 9.79. The van der Waals surface area contributed by atoms with Crippen LogP contribution in [0.15, 0.2) is 12.1 Å². The fourth-order valence-corrected chi connectivity index (χ4v) is 2.74. The van der Waals surface area contributed by atoms with E-state index in [-0.39, 0.29) is 0 Å². The van der Waals surface area contributed by atoms with Gasteiger partial charge in [0.25, 0.3) is 0 Å². The first-order valence-corrected chi connectivity index (χ1v) is 6.80. The van der Waals surface area contributed by atoms with Crippen molar-refractivity contribution in [3.05, 3.63) is 21.9 Å². The number of hydrogen-bond donors (Lipinski definition) is 2. The van der Waals surface area contributed by atoms with Gasteiger partial charge in [-0.25, -0.2) is 0 Å². The van der Waals surface area contributed by atoms with Gasteiger partial charge in [-0.1, -0.05) is 6.92 Å². The van der Waals surface area contributed by atoms with Gasteiger partial charge in [0, 0.05) is 35.9 Å². The predicted octanol–water partition coefficient (Wildman–Crippen LogP) is 1.39. The molecule has 16 heavy (non-hydrogen) atoms. The van der Waals surface area contributed by atoms with Crippen LogP contribution >= 0.6 is 11.3 Å². The molecule has 0 radical (unpaired) electrons. The molecule has 0 spiro atoms. The molecule has 3 nitrogen and oxygen atoms in total. The molecule has 0 aromatic carbocycles. The van der Waals surface area contributed by atoms with Gasteiger partial charge in [0.2, 0.25) is 0 Å². The Labute approximate surface area is 101 Å². The van der Waals surface area contributed by atoms with E-state index in [9.17, 15) is 0 Å². The molecule has 1 unspecified atom stereocenters. The Morgan fingerprint density at radius 1 is 1.50 bits per heavy atom. The molecule has 0 saturated carbocycles. The van der Waals surface area contributed by atoms with E-state index in [4.69, 9.17) is 4.74 Å². The third kappa shape index (κ3) is 3.56. The van der Waals surface area contributed by atoms with Crippen LogP contribution in [0, 0.1) is 0 Å². The number of rotatable bonds is 5. The molecule has 1 fully saturated rings. The van der Waals surface area contributed by atoms with Gasteiger partial charge in [-0.05, 0) is 18.6 Å². The van der Waals surface area contributed by atoms with E-state index in [1.54, 1.807) is 0 Å². The Balaban J connectivity index is 1.66. The molecule has 0 amide bonds. The molecule has 2 N–H and O–H groups in total. The number of nitrogens with one attached hydrogen (secondary N) is 2. The highest BCUT2D eigenvalue weighted by Gasteiger charge is 2.12. The lowest BCUT2D eigenvalue weighted by molar-refractivity contribution is 0.0291. The lowest BCUT2D eigenvalue weighted by atomic mass is 10.3. The van der Waals surface area contributed by atoms with Crippen LogP contribution in [-0.2, 0) is 17.7 Å². The Hall–Kier alpha value is -0.420. The maximum atomic E-state index is 5.62. The number of aryl methyl sites for hydroxylation is 1. The monoisotopic (exact) mass is 240 g/mol. The van der Waals surface area contributed by atoms with Crippen LogP contribution in [0.25, 0.3) is 0 Å². The molecule has 90 valence electrons. The van der Waals surface area contributed by atoms with Crippen molar-refractivity contribution >= 4 is 11.3 Å². The van der Waals surface area contributed by atoms with Crippen molar-refractivity contribution in [3.8, 4) is 0 Å². The SMILES string of the molecule is CCc1ccc(CNCC2CNCCO2)s1. The summed E-state index contributed by atoms with van der Waals surface area (Å²) in [7, 11) is 0. The summed E-state index contributed by atoms with van der Waals surface area (Å²) >= 11 is 1.90. The molecule has 1 aliphatic heterocycles. The molecule has 2 heterocycles. The lowest BCUT2D eigenvalue weighted by Crippen LogP contribution is -2.43. The largest absolute Gasteiger partial charge is 0.374 e. The van der Waals surface area contributed by atoms with Gasteiger partial charge >= 0.3 is 0 Å². The Morgan fingerprint density at radius 2 is 2.38 bits per heavy atom. The molecule has 1 saturated heterocycles. The highest BCUT2D eigenvalue weighted by atomic mass is 32.1. The smallest absolute Gasteiger partial charge is 0.0824 e. The molecule has 0 bridgehead atoms. The summed E-state index contributed by atoms with van der Waals surface area (Å²) in [6, 6.07) is 4.44. The number of ether oxygens (including phenoxy) is 1. The molecule has 1 aliphatic rings. The van der Waals surface area contributed by atoms with Gasteiger partial charge in [-0.3, -0.25) is 0 Å². The minimum atomic E-state index is 0.333. The summed E-state index contributed by atoms with van der Waals surface area (Å²) in [5.41, 5.74) is 0. The predicted molar refractivity (Wildman–Crippen MR) is 68.0 cm³/mol. The van der Waals surface area contributed by atoms with Crippen molar-refractivity contribution < 1.29 is 4.74 Å². The normalized spacial score (nSPS) is 21.2. The summed E-state index contributed by atoms with van der Waals surface area (Å²) in [6.07, 6.45) is 1.47. The second-order valence-electron chi connectivity index (χ2n) is 4.05. The summed E-state index contributed by atoms with van der Waals surface area (Å²) in [5, 5.41) is 6.79. The summed E-state index contributed by atoms with van der Waals surface area (Å²) in [4.78, 5) is 2.88. The van der Waals surface area contributed by atoms with Crippen molar-refractivity contribution in [2.75, 3.05) is 26.2 Å². The molecule has 1 atom stereocenters. The fourth-order valence-electron chi connectivity index (χ4n) is 1.81. The number of morpholine rings is 1. The van der Waals surface area contributed by atoms with Crippen LogP contribution in [-0.4, -0.2) is 32.3 Å². The topological polar surface area (TPSA) is 33.3 Å². The van der Waals surface area contributed by atoms with Crippen molar-refractivity contribution in [2.24, 2.45) is 0 Å². The van der Waals surface area contributed by atoms with E-state index in [1.807, 2.05) is 11.3 Å².